The molecule has 0 heterocycles. The molecule has 0 spiro atoms. The van der Waals surface area contributed by atoms with Crippen molar-refractivity contribution in [1.82, 2.24) is 5.32 Å². The van der Waals surface area contributed by atoms with Gasteiger partial charge in [-0.25, -0.2) is 0 Å². The number of carbonyl (C=O) groups excluding carboxylic acids is 1. The van der Waals surface area contributed by atoms with Crippen LogP contribution in [0.5, 0.6) is 0 Å². The summed E-state index contributed by atoms with van der Waals surface area (Å²) in [7, 11) is 0. The zero-order valence-electron chi connectivity index (χ0n) is 13.1. The number of rotatable bonds is 5. The number of benzene rings is 2. The number of carbonyl (C=O) groups is 1. The molecule has 0 aliphatic heterocycles. The molecule has 1 aliphatic carbocycles. The molecule has 1 amide bonds. The molecule has 3 heteroatoms. The first-order valence-corrected chi connectivity index (χ1v) is 8.86. The fourth-order valence-corrected chi connectivity index (χ4v) is 3.70. The van der Waals surface area contributed by atoms with Gasteiger partial charge in [-0.15, -0.1) is 11.8 Å². The van der Waals surface area contributed by atoms with Crippen LogP contribution >= 0.6 is 11.8 Å². The molecule has 0 radical (unpaired) electrons. The van der Waals surface area contributed by atoms with Gasteiger partial charge >= 0.3 is 0 Å². The second kappa shape index (κ2) is 6.57. The Morgan fingerprint density at radius 1 is 1.14 bits per heavy atom. The maximum atomic E-state index is 11.6. The van der Waals surface area contributed by atoms with Gasteiger partial charge in [0.25, 0.3) is 0 Å². The molecule has 2 nitrogen and oxygen atoms in total. The fourth-order valence-electron chi connectivity index (χ4n) is 2.91. The lowest BCUT2D eigenvalue weighted by Crippen LogP contribution is -2.31. The second-order valence-electron chi connectivity index (χ2n) is 6.04. The topological polar surface area (TPSA) is 29.1 Å². The van der Waals surface area contributed by atoms with Crippen molar-refractivity contribution in [2.75, 3.05) is 5.75 Å². The quantitative estimate of drug-likeness (QED) is 0.771. The Hall–Kier alpha value is -1.74. The Morgan fingerprint density at radius 2 is 1.91 bits per heavy atom. The Labute approximate surface area is 136 Å². The van der Waals surface area contributed by atoms with Gasteiger partial charge in [0.2, 0.25) is 5.91 Å². The maximum Gasteiger partial charge on any atom is 0.230 e. The van der Waals surface area contributed by atoms with Crippen molar-refractivity contribution in [3.63, 3.8) is 0 Å². The molecule has 2 aromatic carbocycles. The normalized spacial score (nSPS) is 12.1. The van der Waals surface area contributed by atoms with Crippen LogP contribution in [-0.4, -0.2) is 17.7 Å². The molecule has 22 heavy (non-hydrogen) atoms. The number of amides is 1. The third-order valence-corrected chi connectivity index (χ3v) is 4.81. The highest BCUT2D eigenvalue weighted by Crippen LogP contribution is 2.37. The first kappa shape index (κ1) is 15.2. The molecule has 2 aromatic rings. The summed E-state index contributed by atoms with van der Waals surface area (Å²) in [6.07, 6.45) is 1.03. The molecule has 1 aliphatic rings. The lowest BCUT2D eigenvalue weighted by Gasteiger charge is -2.08. The van der Waals surface area contributed by atoms with Crippen LogP contribution in [0.3, 0.4) is 0 Å². The number of nitrogens with one attached hydrogen (secondary N) is 1. The molecule has 0 saturated heterocycles. The van der Waals surface area contributed by atoms with Crippen molar-refractivity contribution >= 4 is 17.7 Å². The molecule has 0 saturated carbocycles. The van der Waals surface area contributed by atoms with Crippen LogP contribution in [0, 0.1) is 0 Å². The van der Waals surface area contributed by atoms with E-state index in [0.29, 0.717) is 5.75 Å². The summed E-state index contributed by atoms with van der Waals surface area (Å²) in [5.41, 5.74) is 6.85. The van der Waals surface area contributed by atoms with Gasteiger partial charge in [-0.3, -0.25) is 4.79 Å². The highest BCUT2D eigenvalue weighted by Gasteiger charge is 2.17. The molecule has 114 valence electrons. The SMILES string of the molecule is CC(C)NC(=O)CSCc1ccc2c(c1)Cc1ccccc1-2. The smallest absolute Gasteiger partial charge is 0.230 e. The van der Waals surface area contributed by atoms with Gasteiger partial charge in [-0.1, -0.05) is 42.5 Å². The molecule has 3 rings (SSSR count). The van der Waals surface area contributed by atoms with Crippen molar-refractivity contribution in [3.05, 3.63) is 59.2 Å². The summed E-state index contributed by atoms with van der Waals surface area (Å²) in [6, 6.07) is 15.5. The number of fused-ring (bicyclic) bond motifs is 3. The van der Waals surface area contributed by atoms with E-state index in [4.69, 9.17) is 0 Å². The van der Waals surface area contributed by atoms with Gasteiger partial charge in [0.1, 0.15) is 0 Å². The predicted octanol–water partition coefficient (Wildman–Crippen LogP) is 4.02. The number of hydrogen-bond acceptors (Lipinski definition) is 2. The molecule has 0 unspecified atom stereocenters. The average molecular weight is 311 g/mol. The third-order valence-electron chi connectivity index (χ3n) is 3.81. The standard InChI is InChI=1S/C19H21NOS/c1-13(2)20-19(21)12-22-11-14-7-8-18-16(9-14)10-15-5-3-4-6-17(15)18/h3-9,13H,10-12H2,1-2H3,(H,20,21). The minimum Gasteiger partial charge on any atom is -0.353 e. The maximum absolute atomic E-state index is 11.6. The van der Waals surface area contributed by atoms with Crippen molar-refractivity contribution in [2.24, 2.45) is 0 Å². The first-order valence-electron chi connectivity index (χ1n) is 7.70. The van der Waals surface area contributed by atoms with Gasteiger partial charge in [-0.2, -0.15) is 0 Å². The van der Waals surface area contributed by atoms with E-state index in [1.165, 1.54) is 27.8 Å². The zero-order valence-corrected chi connectivity index (χ0v) is 13.9. The highest BCUT2D eigenvalue weighted by atomic mass is 32.2. The van der Waals surface area contributed by atoms with Crippen molar-refractivity contribution in [3.8, 4) is 11.1 Å². The lowest BCUT2D eigenvalue weighted by atomic mass is 10.0. The van der Waals surface area contributed by atoms with Crippen LogP contribution in [0.1, 0.15) is 30.5 Å². The molecule has 0 bridgehead atoms. The molecule has 0 atom stereocenters. The van der Waals surface area contributed by atoms with Crippen LogP contribution < -0.4 is 5.32 Å². The largest absolute Gasteiger partial charge is 0.353 e. The average Bonchev–Trinajstić information content (AvgIpc) is 2.84. The van der Waals surface area contributed by atoms with E-state index in [2.05, 4.69) is 47.8 Å². The summed E-state index contributed by atoms with van der Waals surface area (Å²) < 4.78 is 0. The fraction of sp³-hybridized carbons (Fsp3) is 0.316. The van der Waals surface area contributed by atoms with Crippen LogP contribution in [0.15, 0.2) is 42.5 Å². The van der Waals surface area contributed by atoms with Gasteiger partial charge in [0.15, 0.2) is 0 Å². The Bertz CT molecular complexity index is 694. The van der Waals surface area contributed by atoms with Gasteiger partial charge in [-0.05, 0) is 48.1 Å². The third kappa shape index (κ3) is 3.36. The first-order chi connectivity index (χ1) is 10.6. The summed E-state index contributed by atoms with van der Waals surface area (Å²) in [5, 5.41) is 2.92. The monoisotopic (exact) mass is 311 g/mol. The van der Waals surface area contributed by atoms with Crippen molar-refractivity contribution < 1.29 is 4.79 Å². The van der Waals surface area contributed by atoms with E-state index in [-0.39, 0.29) is 11.9 Å². The van der Waals surface area contributed by atoms with E-state index < -0.39 is 0 Å². The number of hydrogen-bond donors (Lipinski definition) is 1. The van der Waals surface area contributed by atoms with Gasteiger partial charge in [0, 0.05) is 11.8 Å². The van der Waals surface area contributed by atoms with Crippen LogP contribution in [0.2, 0.25) is 0 Å². The summed E-state index contributed by atoms with van der Waals surface area (Å²) in [4.78, 5) is 11.6. The van der Waals surface area contributed by atoms with Crippen LogP contribution in [0.25, 0.3) is 11.1 Å². The molecular formula is C19H21NOS. The van der Waals surface area contributed by atoms with Gasteiger partial charge < -0.3 is 5.32 Å². The van der Waals surface area contributed by atoms with E-state index >= 15 is 0 Å². The van der Waals surface area contributed by atoms with Crippen LogP contribution in [-0.2, 0) is 17.0 Å². The van der Waals surface area contributed by atoms with E-state index in [9.17, 15) is 4.79 Å². The number of thioether (sulfide) groups is 1. The lowest BCUT2D eigenvalue weighted by molar-refractivity contribution is -0.119. The highest BCUT2D eigenvalue weighted by molar-refractivity contribution is 7.99. The summed E-state index contributed by atoms with van der Waals surface area (Å²) >= 11 is 1.67. The Morgan fingerprint density at radius 3 is 2.73 bits per heavy atom. The van der Waals surface area contributed by atoms with E-state index in [0.717, 1.165) is 12.2 Å². The van der Waals surface area contributed by atoms with Crippen LogP contribution in [0.4, 0.5) is 0 Å². The summed E-state index contributed by atoms with van der Waals surface area (Å²) in [5.74, 6) is 1.53. The Kier molecular flexibility index (Phi) is 4.53. The molecule has 1 N–H and O–H groups in total. The minimum absolute atomic E-state index is 0.119. The molecular weight excluding hydrogens is 290 g/mol. The Balaban J connectivity index is 1.61. The predicted molar refractivity (Wildman–Crippen MR) is 94.1 cm³/mol. The van der Waals surface area contributed by atoms with Crippen molar-refractivity contribution in [1.29, 1.82) is 0 Å². The minimum atomic E-state index is 0.119. The van der Waals surface area contributed by atoms with Crippen molar-refractivity contribution in [2.45, 2.75) is 32.1 Å². The second-order valence-corrected chi connectivity index (χ2v) is 7.03. The van der Waals surface area contributed by atoms with E-state index in [1.54, 1.807) is 11.8 Å². The van der Waals surface area contributed by atoms with E-state index in [1.807, 2.05) is 13.8 Å². The molecule has 0 aromatic heterocycles. The molecule has 0 fully saturated rings. The summed E-state index contributed by atoms with van der Waals surface area (Å²) in [6.45, 7) is 3.97. The van der Waals surface area contributed by atoms with Gasteiger partial charge in [0.05, 0.1) is 5.75 Å². The zero-order chi connectivity index (χ0) is 15.5.